The van der Waals surface area contributed by atoms with E-state index in [2.05, 4.69) is 25.7 Å². The first-order valence-corrected chi connectivity index (χ1v) is 13.1. The molecule has 4 rings (SSSR count). The van der Waals surface area contributed by atoms with Crippen LogP contribution in [0.3, 0.4) is 0 Å². The van der Waals surface area contributed by atoms with Gasteiger partial charge in [-0.25, -0.2) is 18.6 Å². The average molecular weight is 468 g/mol. The highest BCUT2D eigenvalue weighted by molar-refractivity contribution is 7.92. The van der Waals surface area contributed by atoms with Crippen molar-refractivity contribution in [1.29, 1.82) is 5.26 Å². The van der Waals surface area contributed by atoms with Crippen LogP contribution in [-0.2, 0) is 9.73 Å². The molecule has 0 radical (unpaired) electrons. The minimum absolute atomic E-state index is 0.0655. The number of nitrogens with zero attached hydrogens (tertiary/aromatic N) is 4. The third-order valence-electron chi connectivity index (χ3n) is 5.59. The highest BCUT2D eigenvalue weighted by atomic mass is 32.2. The lowest BCUT2D eigenvalue weighted by molar-refractivity contribution is 0.143. The Morgan fingerprint density at radius 3 is 2.64 bits per heavy atom. The fourth-order valence-electron chi connectivity index (χ4n) is 4.09. The van der Waals surface area contributed by atoms with E-state index in [0.29, 0.717) is 28.5 Å². The van der Waals surface area contributed by atoms with E-state index in [4.69, 9.17) is 10.00 Å². The molecule has 7 nitrogen and oxygen atoms in total. The van der Waals surface area contributed by atoms with Gasteiger partial charge in [0.15, 0.2) is 0 Å². The summed E-state index contributed by atoms with van der Waals surface area (Å²) >= 11 is 0. The van der Waals surface area contributed by atoms with Crippen LogP contribution >= 0.6 is 0 Å². The molecule has 1 aromatic heterocycles. The molecule has 1 saturated carbocycles. The SMILES string of the molecule is Cc1cc(N=S(C)(C)=O)cc2ncnc(Nc3ccc(F)cc3OC3CCC(C#N)CC3)c12. The summed E-state index contributed by atoms with van der Waals surface area (Å²) in [5.74, 6) is 0.639. The summed E-state index contributed by atoms with van der Waals surface area (Å²) in [6.07, 6.45) is 7.63. The molecule has 0 atom stereocenters. The van der Waals surface area contributed by atoms with Crippen LogP contribution in [0.5, 0.6) is 5.75 Å². The molecule has 1 aliphatic carbocycles. The third-order valence-corrected chi connectivity index (χ3v) is 6.24. The van der Waals surface area contributed by atoms with Gasteiger partial charge < -0.3 is 10.1 Å². The molecular weight excluding hydrogens is 441 g/mol. The fourth-order valence-corrected chi connectivity index (χ4v) is 4.70. The molecule has 1 heterocycles. The number of hydrogen-bond acceptors (Lipinski definition) is 7. The molecule has 0 saturated heterocycles. The van der Waals surface area contributed by atoms with Gasteiger partial charge >= 0.3 is 0 Å². The van der Waals surface area contributed by atoms with Gasteiger partial charge in [-0.05, 0) is 62.4 Å². The van der Waals surface area contributed by atoms with Crippen LogP contribution in [0.15, 0.2) is 41.0 Å². The first kappa shape index (κ1) is 22.9. The first-order valence-electron chi connectivity index (χ1n) is 10.8. The smallest absolute Gasteiger partial charge is 0.146 e. The summed E-state index contributed by atoms with van der Waals surface area (Å²) in [6, 6.07) is 10.3. The Balaban J connectivity index is 1.66. The third kappa shape index (κ3) is 5.57. The maximum Gasteiger partial charge on any atom is 0.146 e. The number of fused-ring (bicyclic) bond motifs is 1. The van der Waals surface area contributed by atoms with E-state index < -0.39 is 9.73 Å². The van der Waals surface area contributed by atoms with Gasteiger partial charge in [-0.15, -0.1) is 0 Å². The van der Waals surface area contributed by atoms with Crippen LogP contribution in [0, 0.1) is 30.0 Å². The summed E-state index contributed by atoms with van der Waals surface area (Å²) in [5.41, 5.74) is 2.72. The van der Waals surface area contributed by atoms with E-state index in [1.807, 2.05) is 13.0 Å². The van der Waals surface area contributed by atoms with Gasteiger partial charge in [-0.3, -0.25) is 0 Å². The van der Waals surface area contributed by atoms with Gasteiger partial charge in [0.1, 0.15) is 23.7 Å². The van der Waals surface area contributed by atoms with E-state index >= 15 is 0 Å². The molecule has 1 N–H and O–H groups in total. The Morgan fingerprint density at radius 2 is 1.94 bits per heavy atom. The van der Waals surface area contributed by atoms with Gasteiger partial charge in [0.2, 0.25) is 0 Å². The summed E-state index contributed by atoms with van der Waals surface area (Å²) in [6.45, 7) is 1.92. The Kier molecular flexibility index (Phi) is 6.47. The van der Waals surface area contributed by atoms with Crippen LogP contribution < -0.4 is 10.1 Å². The summed E-state index contributed by atoms with van der Waals surface area (Å²) in [7, 11) is -2.30. The molecular formula is C24H26FN5O2S. The predicted molar refractivity (Wildman–Crippen MR) is 128 cm³/mol. The molecule has 3 aromatic rings. The molecule has 0 unspecified atom stereocenters. The Hall–Kier alpha value is -3.25. The topological polar surface area (TPSA) is 100 Å². The average Bonchev–Trinajstić information content (AvgIpc) is 2.75. The van der Waals surface area contributed by atoms with Crippen molar-refractivity contribution in [2.24, 2.45) is 10.3 Å². The second-order valence-corrected chi connectivity index (χ2v) is 11.2. The van der Waals surface area contributed by atoms with Gasteiger partial charge in [0.05, 0.1) is 29.1 Å². The van der Waals surface area contributed by atoms with Gasteiger partial charge in [0.25, 0.3) is 0 Å². The van der Waals surface area contributed by atoms with Crippen molar-refractivity contribution in [3.63, 3.8) is 0 Å². The molecule has 2 aromatic carbocycles. The minimum atomic E-state index is -2.30. The van der Waals surface area contributed by atoms with Crippen molar-refractivity contribution >= 4 is 37.8 Å². The number of hydrogen-bond donors (Lipinski definition) is 1. The summed E-state index contributed by atoms with van der Waals surface area (Å²) in [4.78, 5) is 8.76. The van der Waals surface area contributed by atoms with Gasteiger partial charge in [0, 0.05) is 39.6 Å². The number of aromatic nitrogens is 2. The van der Waals surface area contributed by atoms with E-state index in [-0.39, 0.29) is 17.8 Å². The lowest BCUT2D eigenvalue weighted by Crippen LogP contribution is -2.24. The number of anilines is 2. The molecule has 9 heteroatoms. The van der Waals surface area contributed by atoms with Crippen molar-refractivity contribution in [1.82, 2.24) is 9.97 Å². The highest BCUT2D eigenvalue weighted by Crippen LogP contribution is 2.35. The van der Waals surface area contributed by atoms with Crippen molar-refractivity contribution in [2.45, 2.75) is 38.7 Å². The van der Waals surface area contributed by atoms with Gasteiger partial charge in [-0.1, -0.05) is 0 Å². The number of aryl methyl sites for hydroxylation is 1. The van der Waals surface area contributed by atoms with Gasteiger partial charge in [-0.2, -0.15) is 9.62 Å². The summed E-state index contributed by atoms with van der Waals surface area (Å²) < 4.78 is 36.6. The molecule has 0 spiro atoms. The van der Waals surface area contributed by atoms with Crippen molar-refractivity contribution in [2.75, 3.05) is 17.8 Å². The van der Waals surface area contributed by atoms with Crippen LogP contribution in [0.2, 0.25) is 0 Å². The fraction of sp³-hybridized carbons (Fsp3) is 0.375. The van der Waals surface area contributed by atoms with Crippen LogP contribution in [0.25, 0.3) is 10.9 Å². The molecule has 1 aliphatic rings. The molecule has 1 fully saturated rings. The summed E-state index contributed by atoms with van der Waals surface area (Å²) in [5, 5.41) is 13.2. The maximum absolute atomic E-state index is 14.0. The monoisotopic (exact) mass is 467 g/mol. The zero-order valence-corrected chi connectivity index (χ0v) is 19.7. The molecule has 0 aliphatic heterocycles. The lowest BCUT2D eigenvalue weighted by atomic mass is 9.88. The molecule has 33 heavy (non-hydrogen) atoms. The highest BCUT2D eigenvalue weighted by Gasteiger charge is 2.23. The number of nitrogens with one attached hydrogen (secondary N) is 1. The van der Waals surface area contributed by atoms with Crippen LogP contribution in [-0.4, -0.2) is 32.8 Å². The van der Waals surface area contributed by atoms with E-state index in [9.17, 15) is 8.60 Å². The number of nitriles is 1. The number of halogens is 1. The van der Waals surface area contributed by atoms with E-state index in [1.54, 1.807) is 24.6 Å². The second kappa shape index (κ2) is 9.32. The largest absolute Gasteiger partial charge is 0.488 e. The number of ether oxygens (including phenoxy) is 1. The first-order chi connectivity index (χ1) is 15.7. The number of benzene rings is 2. The normalized spacial score (nSPS) is 18.5. The zero-order valence-electron chi connectivity index (χ0n) is 18.8. The van der Waals surface area contributed by atoms with Crippen molar-refractivity contribution in [3.05, 3.63) is 48.0 Å². The Labute approximate surface area is 193 Å². The Morgan fingerprint density at radius 1 is 1.18 bits per heavy atom. The lowest BCUT2D eigenvalue weighted by Gasteiger charge is -2.26. The van der Waals surface area contributed by atoms with Crippen LogP contribution in [0.4, 0.5) is 21.6 Å². The quantitative estimate of drug-likeness (QED) is 0.521. The predicted octanol–water partition coefficient (Wildman–Crippen LogP) is 5.64. The maximum atomic E-state index is 14.0. The second-order valence-electron chi connectivity index (χ2n) is 8.64. The standard InChI is InChI=1S/C24H26FN5O2S/c1-15-10-18(30-33(2,3)31)12-21-23(15)24(28-14-27-21)29-20-9-6-17(25)11-22(20)32-19-7-4-16(13-26)5-8-19/h6,9-12,14,16,19H,4-5,7-8H2,1-3H3,(H,27,28,29). The Bertz CT molecular complexity index is 1340. The number of rotatable bonds is 5. The van der Waals surface area contributed by atoms with Crippen molar-refractivity contribution < 1.29 is 13.3 Å². The molecule has 0 bridgehead atoms. The molecule has 0 amide bonds. The molecule has 172 valence electrons. The zero-order chi connectivity index (χ0) is 23.6. The van der Waals surface area contributed by atoms with Crippen molar-refractivity contribution in [3.8, 4) is 11.8 Å². The van der Waals surface area contributed by atoms with E-state index in [1.165, 1.54) is 18.5 Å². The minimum Gasteiger partial charge on any atom is -0.488 e. The van der Waals surface area contributed by atoms with Crippen LogP contribution in [0.1, 0.15) is 31.2 Å². The van der Waals surface area contributed by atoms with E-state index in [0.717, 1.165) is 36.6 Å².